The lowest BCUT2D eigenvalue weighted by Gasteiger charge is -2.24. The first-order valence-corrected chi connectivity index (χ1v) is 10.6. The first-order valence-electron chi connectivity index (χ1n) is 9.82. The van der Waals surface area contributed by atoms with Crippen LogP contribution in [0.4, 0.5) is 5.00 Å². The van der Waals surface area contributed by atoms with Crippen LogP contribution >= 0.6 is 11.3 Å². The molecule has 0 saturated carbocycles. The van der Waals surface area contributed by atoms with Crippen LogP contribution in [-0.2, 0) is 24.2 Å². The first-order chi connectivity index (χ1) is 13.7. The number of hydrogen-bond donors (Lipinski definition) is 2. The number of ether oxygens (including phenoxy) is 1. The van der Waals surface area contributed by atoms with Crippen LogP contribution in [0.3, 0.4) is 0 Å². The minimum absolute atomic E-state index is 0.142. The molecule has 2 aromatic rings. The second kappa shape index (κ2) is 8.55. The first kappa shape index (κ1) is 21.3. The van der Waals surface area contributed by atoms with Crippen molar-refractivity contribution in [3.05, 3.63) is 44.8 Å². The van der Waals surface area contributed by atoms with Crippen molar-refractivity contribution in [3.63, 3.8) is 0 Å². The molecule has 1 aliphatic carbocycles. The molecule has 3 N–H and O–H groups in total. The van der Waals surface area contributed by atoms with Gasteiger partial charge in [0, 0.05) is 11.4 Å². The smallest absolute Gasteiger partial charge is 0.251 e. The number of anilines is 1. The topological polar surface area (TPSA) is 84.7 Å². The summed E-state index contributed by atoms with van der Waals surface area (Å²) in [6, 6.07) is 3.81. The third-order valence-electron chi connectivity index (χ3n) is 5.60. The number of carbonyl (C=O) groups excluding carboxylic acids is 2. The summed E-state index contributed by atoms with van der Waals surface area (Å²) in [5.41, 5.74) is 10.4. The molecule has 0 fully saturated rings. The third kappa shape index (κ3) is 4.31. The molecule has 0 saturated heterocycles. The monoisotopic (exact) mass is 415 g/mol. The molecule has 156 valence electrons. The zero-order valence-corrected chi connectivity index (χ0v) is 18.5. The Bertz CT molecular complexity index is 928. The summed E-state index contributed by atoms with van der Waals surface area (Å²) in [5, 5.41) is 3.53. The molecule has 1 aromatic carbocycles. The number of fused-ring (bicyclic) bond motifs is 1. The predicted molar refractivity (Wildman–Crippen MR) is 117 cm³/mol. The van der Waals surface area contributed by atoms with Crippen LogP contribution in [0.1, 0.15) is 50.8 Å². The van der Waals surface area contributed by atoms with Crippen molar-refractivity contribution in [1.82, 2.24) is 4.90 Å². The number of carbonyl (C=O) groups is 2. The van der Waals surface area contributed by atoms with Crippen LogP contribution in [0.5, 0.6) is 5.75 Å². The summed E-state index contributed by atoms with van der Waals surface area (Å²) in [7, 11) is 3.59. The van der Waals surface area contributed by atoms with E-state index in [4.69, 9.17) is 10.5 Å². The summed E-state index contributed by atoms with van der Waals surface area (Å²) >= 11 is 1.48. The highest BCUT2D eigenvalue weighted by Crippen LogP contribution is 2.39. The zero-order valence-electron chi connectivity index (χ0n) is 17.7. The fraction of sp³-hybridized carbons (Fsp3) is 0.455. The van der Waals surface area contributed by atoms with E-state index in [1.165, 1.54) is 16.2 Å². The van der Waals surface area contributed by atoms with E-state index < -0.39 is 5.91 Å². The summed E-state index contributed by atoms with van der Waals surface area (Å²) in [6.45, 7) is 6.54. The average Bonchev–Trinajstić information content (AvgIpc) is 3.20. The highest BCUT2D eigenvalue weighted by Gasteiger charge is 2.28. The number of methoxy groups -OCH3 is 1. The predicted octanol–water partition coefficient (Wildman–Crippen LogP) is 3.42. The minimum Gasteiger partial charge on any atom is -0.496 e. The molecule has 7 heteroatoms. The number of rotatable bonds is 7. The highest BCUT2D eigenvalue weighted by molar-refractivity contribution is 7.17. The number of primary amides is 1. The van der Waals surface area contributed by atoms with Crippen molar-refractivity contribution < 1.29 is 14.3 Å². The van der Waals surface area contributed by atoms with E-state index in [0.29, 0.717) is 17.1 Å². The molecular formula is C22H29N3O3S. The van der Waals surface area contributed by atoms with Gasteiger partial charge in [-0.05, 0) is 69.3 Å². The van der Waals surface area contributed by atoms with Gasteiger partial charge in [-0.2, -0.15) is 0 Å². The molecule has 1 atom stereocenters. The Morgan fingerprint density at radius 3 is 2.52 bits per heavy atom. The SMILES string of the molecule is COc1c(C)cc(CN(C)C(C)C(=O)Nc2sc3c(c2C(N)=O)CCC3)cc1C. The molecule has 2 amide bonds. The summed E-state index contributed by atoms with van der Waals surface area (Å²) in [6.07, 6.45) is 2.84. The van der Waals surface area contributed by atoms with Crippen molar-refractivity contribution >= 4 is 28.2 Å². The van der Waals surface area contributed by atoms with Gasteiger partial charge in [0.1, 0.15) is 10.8 Å². The van der Waals surface area contributed by atoms with Gasteiger partial charge in [-0.15, -0.1) is 11.3 Å². The average molecular weight is 416 g/mol. The molecule has 1 unspecified atom stereocenters. The van der Waals surface area contributed by atoms with E-state index >= 15 is 0 Å². The normalized spacial score (nSPS) is 14.0. The Hall–Kier alpha value is -2.38. The molecule has 1 heterocycles. The number of nitrogens with zero attached hydrogens (tertiary/aromatic N) is 1. The molecule has 0 aliphatic heterocycles. The Morgan fingerprint density at radius 2 is 1.93 bits per heavy atom. The second-order valence-electron chi connectivity index (χ2n) is 7.77. The van der Waals surface area contributed by atoms with Crippen LogP contribution in [0.15, 0.2) is 12.1 Å². The number of amides is 2. The van der Waals surface area contributed by atoms with E-state index in [2.05, 4.69) is 17.4 Å². The van der Waals surface area contributed by atoms with Crippen molar-refractivity contribution in [2.24, 2.45) is 5.73 Å². The summed E-state index contributed by atoms with van der Waals surface area (Å²) in [5.74, 6) is 0.286. The summed E-state index contributed by atoms with van der Waals surface area (Å²) in [4.78, 5) is 28.0. The number of nitrogens with two attached hydrogens (primary N) is 1. The van der Waals surface area contributed by atoms with Crippen LogP contribution < -0.4 is 15.8 Å². The molecule has 6 nitrogen and oxygen atoms in total. The number of hydrogen-bond acceptors (Lipinski definition) is 5. The van der Waals surface area contributed by atoms with Gasteiger partial charge in [0.05, 0.1) is 18.7 Å². The van der Waals surface area contributed by atoms with E-state index in [1.807, 2.05) is 32.7 Å². The number of benzene rings is 1. The van der Waals surface area contributed by atoms with Crippen molar-refractivity contribution in [1.29, 1.82) is 0 Å². The minimum atomic E-state index is -0.468. The van der Waals surface area contributed by atoms with Gasteiger partial charge in [0.15, 0.2) is 0 Å². The maximum absolute atomic E-state index is 12.9. The van der Waals surface area contributed by atoms with Crippen LogP contribution in [0, 0.1) is 13.8 Å². The fourth-order valence-electron chi connectivity index (χ4n) is 4.05. The summed E-state index contributed by atoms with van der Waals surface area (Å²) < 4.78 is 5.43. The quantitative estimate of drug-likeness (QED) is 0.726. The van der Waals surface area contributed by atoms with E-state index in [-0.39, 0.29) is 11.9 Å². The lowest BCUT2D eigenvalue weighted by atomic mass is 10.0. The standard InChI is InChI=1S/C22H29N3O3S/c1-12-9-15(10-13(2)19(12)28-5)11-25(4)14(3)21(27)24-22-18(20(23)26)16-7-6-8-17(16)29-22/h9-10,14H,6-8,11H2,1-5H3,(H2,23,26)(H,24,27). The Balaban J connectivity index is 1.72. The third-order valence-corrected chi connectivity index (χ3v) is 6.81. The van der Waals surface area contributed by atoms with Crippen LogP contribution in [0.2, 0.25) is 0 Å². The van der Waals surface area contributed by atoms with E-state index in [0.717, 1.165) is 47.3 Å². The number of aryl methyl sites for hydroxylation is 3. The second-order valence-corrected chi connectivity index (χ2v) is 8.87. The maximum atomic E-state index is 12.9. The number of nitrogens with one attached hydrogen (secondary N) is 1. The Kier molecular flexibility index (Phi) is 6.29. The number of thiophene rings is 1. The molecule has 3 rings (SSSR count). The van der Waals surface area contributed by atoms with Crippen molar-refractivity contribution in [2.75, 3.05) is 19.5 Å². The Labute approximate surface area is 176 Å². The lowest BCUT2D eigenvalue weighted by molar-refractivity contribution is -0.120. The van der Waals surface area contributed by atoms with Gasteiger partial charge in [-0.1, -0.05) is 12.1 Å². The van der Waals surface area contributed by atoms with Gasteiger partial charge in [-0.25, -0.2) is 0 Å². The Morgan fingerprint density at radius 1 is 1.28 bits per heavy atom. The molecule has 0 spiro atoms. The van der Waals surface area contributed by atoms with Crippen LogP contribution in [-0.4, -0.2) is 36.9 Å². The molecule has 1 aromatic heterocycles. The fourth-order valence-corrected chi connectivity index (χ4v) is 5.35. The molecule has 29 heavy (non-hydrogen) atoms. The zero-order chi connectivity index (χ0) is 21.3. The van der Waals surface area contributed by atoms with Gasteiger partial charge in [-0.3, -0.25) is 14.5 Å². The highest BCUT2D eigenvalue weighted by atomic mass is 32.1. The van der Waals surface area contributed by atoms with Crippen molar-refractivity contribution in [2.45, 2.75) is 52.6 Å². The molecule has 0 bridgehead atoms. The lowest BCUT2D eigenvalue weighted by Crippen LogP contribution is -2.39. The van der Waals surface area contributed by atoms with Gasteiger partial charge >= 0.3 is 0 Å². The van der Waals surface area contributed by atoms with Gasteiger partial charge in [0.2, 0.25) is 5.91 Å². The molecule has 1 aliphatic rings. The van der Waals surface area contributed by atoms with Gasteiger partial charge in [0.25, 0.3) is 5.91 Å². The molecular weight excluding hydrogens is 386 g/mol. The largest absolute Gasteiger partial charge is 0.496 e. The van der Waals surface area contributed by atoms with Crippen molar-refractivity contribution in [3.8, 4) is 5.75 Å². The molecule has 0 radical (unpaired) electrons. The maximum Gasteiger partial charge on any atom is 0.251 e. The van der Waals surface area contributed by atoms with Gasteiger partial charge < -0.3 is 15.8 Å². The number of likely N-dealkylation sites (N-methyl/N-ethyl adjacent to an activating group) is 1. The van der Waals surface area contributed by atoms with E-state index in [1.54, 1.807) is 7.11 Å². The van der Waals surface area contributed by atoms with Crippen LogP contribution in [0.25, 0.3) is 0 Å². The van der Waals surface area contributed by atoms with E-state index in [9.17, 15) is 9.59 Å².